The molecule has 0 aliphatic heterocycles. The van der Waals surface area contributed by atoms with Crippen molar-refractivity contribution in [1.29, 1.82) is 0 Å². The van der Waals surface area contributed by atoms with Gasteiger partial charge in [0.2, 0.25) is 10.0 Å². The molecular weight excluding hydrogens is 306 g/mol. The van der Waals surface area contributed by atoms with Gasteiger partial charge in [0.1, 0.15) is 4.90 Å². The molecule has 0 aliphatic rings. The third-order valence-electron chi connectivity index (χ3n) is 2.55. The van der Waals surface area contributed by atoms with Crippen molar-refractivity contribution in [3.05, 3.63) is 45.9 Å². The fourth-order valence-electron chi connectivity index (χ4n) is 1.61. The molecule has 4 nitrogen and oxygen atoms in total. The highest BCUT2D eigenvalue weighted by Crippen LogP contribution is 2.16. The second-order valence-electron chi connectivity index (χ2n) is 4.06. The molecule has 0 amide bonds. The minimum Gasteiger partial charge on any atom is -0.247 e. The molecule has 2 rings (SSSR count). The molecule has 0 spiro atoms. The lowest BCUT2D eigenvalue weighted by molar-refractivity contribution is 0.483. The summed E-state index contributed by atoms with van der Waals surface area (Å²) in [5.41, 5.74) is 0.759. The first-order chi connectivity index (χ1) is 9.40. The molecular formula is C12H12F2N2O2S2. The average molecular weight is 318 g/mol. The van der Waals surface area contributed by atoms with Gasteiger partial charge >= 0.3 is 0 Å². The number of aryl methyl sites for hydroxylation is 1. The zero-order valence-corrected chi connectivity index (χ0v) is 12.2. The molecule has 0 unspecified atom stereocenters. The van der Waals surface area contributed by atoms with Crippen molar-refractivity contribution in [3.8, 4) is 0 Å². The van der Waals surface area contributed by atoms with Crippen LogP contribution in [0, 0.1) is 18.6 Å². The Morgan fingerprint density at radius 2 is 2.10 bits per heavy atom. The molecule has 0 bridgehead atoms. The maximum Gasteiger partial charge on any atom is 0.243 e. The lowest BCUT2D eigenvalue weighted by atomic mass is 10.3. The number of sulfonamides is 1. The molecule has 20 heavy (non-hydrogen) atoms. The molecule has 8 heteroatoms. The summed E-state index contributed by atoms with van der Waals surface area (Å²) >= 11 is 1.47. The molecule has 0 radical (unpaired) electrons. The van der Waals surface area contributed by atoms with Crippen LogP contribution in [0.2, 0.25) is 0 Å². The summed E-state index contributed by atoms with van der Waals surface area (Å²) in [6.07, 6.45) is 0.389. The van der Waals surface area contributed by atoms with Crippen molar-refractivity contribution < 1.29 is 17.2 Å². The lowest BCUT2D eigenvalue weighted by Crippen LogP contribution is -2.27. The second kappa shape index (κ2) is 5.94. The number of hydrogen-bond donors (Lipinski definition) is 1. The van der Waals surface area contributed by atoms with Gasteiger partial charge in [0.15, 0.2) is 11.6 Å². The van der Waals surface area contributed by atoms with Crippen LogP contribution in [-0.4, -0.2) is 19.9 Å². The van der Waals surface area contributed by atoms with Crippen LogP contribution in [0.4, 0.5) is 8.78 Å². The molecule has 1 aromatic carbocycles. The molecule has 1 heterocycles. The van der Waals surface area contributed by atoms with Crippen molar-refractivity contribution in [2.24, 2.45) is 0 Å². The summed E-state index contributed by atoms with van der Waals surface area (Å²) in [4.78, 5) is 3.50. The Morgan fingerprint density at radius 3 is 2.75 bits per heavy atom. The number of thiazole rings is 1. The Balaban J connectivity index is 2.06. The van der Waals surface area contributed by atoms with Gasteiger partial charge in [-0.2, -0.15) is 0 Å². The van der Waals surface area contributed by atoms with Gasteiger partial charge in [0, 0.05) is 18.3 Å². The fraction of sp³-hybridized carbons (Fsp3) is 0.250. The van der Waals surface area contributed by atoms with E-state index in [1.807, 2.05) is 12.3 Å². The molecule has 0 aliphatic carbocycles. The molecule has 0 saturated heterocycles. The van der Waals surface area contributed by atoms with E-state index in [-0.39, 0.29) is 6.54 Å². The number of nitrogens with one attached hydrogen (secondary N) is 1. The molecule has 2 aromatic rings. The van der Waals surface area contributed by atoms with Crippen LogP contribution in [0.3, 0.4) is 0 Å². The Bertz CT molecular complexity index is 714. The van der Waals surface area contributed by atoms with E-state index in [0.717, 1.165) is 28.9 Å². The normalized spacial score (nSPS) is 11.8. The van der Waals surface area contributed by atoms with Crippen LogP contribution in [0.5, 0.6) is 0 Å². The number of nitrogens with zero attached hydrogens (tertiary/aromatic N) is 1. The van der Waals surface area contributed by atoms with E-state index >= 15 is 0 Å². The van der Waals surface area contributed by atoms with Gasteiger partial charge in [-0.15, -0.1) is 11.3 Å². The van der Waals surface area contributed by atoms with Crippen LogP contribution in [0.25, 0.3) is 0 Å². The van der Waals surface area contributed by atoms with Gasteiger partial charge in [0.25, 0.3) is 0 Å². The van der Waals surface area contributed by atoms with E-state index in [9.17, 15) is 17.2 Å². The first-order valence-corrected chi connectivity index (χ1v) is 8.11. The van der Waals surface area contributed by atoms with Crippen LogP contribution in [-0.2, 0) is 16.4 Å². The molecule has 0 saturated carbocycles. The summed E-state index contributed by atoms with van der Waals surface area (Å²) < 4.78 is 52.4. The second-order valence-corrected chi connectivity index (χ2v) is 6.86. The van der Waals surface area contributed by atoms with Gasteiger partial charge in [-0.25, -0.2) is 26.9 Å². The maximum absolute atomic E-state index is 13.4. The number of rotatable bonds is 5. The number of aromatic nitrogens is 1. The molecule has 108 valence electrons. The zero-order valence-electron chi connectivity index (χ0n) is 10.6. The van der Waals surface area contributed by atoms with E-state index < -0.39 is 26.6 Å². The summed E-state index contributed by atoms with van der Waals surface area (Å²) in [6, 6.07) is 3.04. The predicted octanol–water partition coefficient (Wildman–Crippen LogP) is 2.25. The smallest absolute Gasteiger partial charge is 0.243 e. The topological polar surface area (TPSA) is 59.1 Å². The Labute approximate surface area is 119 Å². The van der Waals surface area contributed by atoms with Crippen molar-refractivity contribution in [2.75, 3.05) is 6.54 Å². The molecule has 0 atom stereocenters. The summed E-state index contributed by atoms with van der Waals surface area (Å²) in [6.45, 7) is 1.92. The van der Waals surface area contributed by atoms with Crippen molar-refractivity contribution >= 4 is 21.4 Å². The third kappa shape index (κ3) is 3.38. The van der Waals surface area contributed by atoms with Crippen LogP contribution >= 0.6 is 11.3 Å². The van der Waals surface area contributed by atoms with Crippen LogP contribution in [0.1, 0.15) is 10.7 Å². The van der Waals surface area contributed by atoms with Crippen molar-refractivity contribution in [2.45, 2.75) is 18.2 Å². The molecule has 1 N–H and O–H groups in total. The summed E-state index contributed by atoms with van der Waals surface area (Å²) in [5, 5.41) is 2.71. The minimum absolute atomic E-state index is 0.0709. The molecule has 0 fully saturated rings. The van der Waals surface area contributed by atoms with Gasteiger partial charge in [-0.1, -0.05) is 6.07 Å². The SMILES string of the molecule is Cc1nc(CCNS(=O)(=O)c2cccc(F)c2F)cs1. The zero-order chi connectivity index (χ0) is 14.8. The first-order valence-electron chi connectivity index (χ1n) is 5.75. The largest absolute Gasteiger partial charge is 0.247 e. The predicted molar refractivity (Wildman–Crippen MR) is 72.1 cm³/mol. The molecule has 1 aromatic heterocycles. The van der Waals surface area contributed by atoms with Crippen LogP contribution in [0.15, 0.2) is 28.5 Å². The highest BCUT2D eigenvalue weighted by atomic mass is 32.2. The van der Waals surface area contributed by atoms with E-state index in [1.54, 1.807) is 0 Å². The summed E-state index contributed by atoms with van der Waals surface area (Å²) in [5.74, 6) is -2.56. The van der Waals surface area contributed by atoms with E-state index in [2.05, 4.69) is 9.71 Å². The van der Waals surface area contributed by atoms with E-state index in [4.69, 9.17) is 0 Å². The van der Waals surface area contributed by atoms with Gasteiger partial charge in [-0.3, -0.25) is 0 Å². The van der Waals surface area contributed by atoms with Crippen molar-refractivity contribution in [3.63, 3.8) is 0 Å². The van der Waals surface area contributed by atoms with E-state index in [1.165, 1.54) is 11.3 Å². The highest BCUT2D eigenvalue weighted by molar-refractivity contribution is 7.89. The highest BCUT2D eigenvalue weighted by Gasteiger charge is 2.20. The van der Waals surface area contributed by atoms with Gasteiger partial charge in [0.05, 0.1) is 10.7 Å². The fourth-order valence-corrected chi connectivity index (χ4v) is 3.37. The maximum atomic E-state index is 13.4. The van der Waals surface area contributed by atoms with Crippen molar-refractivity contribution in [1.82, 2.24) is 9.71 Å². The summed E-state index contributed by atoms with van der Waals surface area (Å²) in [7, 11) is -4.07. The Morgan fingerprint density at radius 1 is 1.35 bits per heavy atom. The standard InChI is InChI=1S/C12H12F2N2O2S2/c1-8-16-9(7-19-8)5-6-15-20(17,18)11-4-2-3-10(13)12(11)14/h2-4,7,15H,5-6H2,1H3. The Hall–Kier alpha value is -1.38. The first kappa shape index (κ1) is 15.0. The monoisotopic (exact) mass is 318 g/mol. The third-order valence-corrected chi connectivity index (χ3v) is 4.85. The number of benzene rings is 1. The number of hydrogen-bond acceptors (Lipinski definition) is 4. The van der Waals surface area contributed by atoms with Gasteiger partial charge < -0.3 is 0 Å². The average Bonchev–Trinajstić information content (AvgIpc) is 2.78. The van der Waals surface area contributed by atoms with Crippen LogP contribution < -0.4 is 4.72 Å². The van der Waals surface area contributed by atoms with E-state index in [0.29, 0.717) is 6.42 Å². The minimum atomic E-state index is -4.07. The quantitative estimate of drug-likeness (QED) is 0.920. The lowest BCUT2D eigenvalue weighted by Gasteiger charge is -2.07. The van der Waals surface area contributed by atoms with Gasteiger partial charge in [-0.05, 0) is 19.1 Å². The number of halogens is 2. The Kier molecular flexibility index (Phi) is 4.46.